The summed E-state index contributed by atoms with van der Waals surface area (Å²) < 4.78 is 36.1. The molecule has 1 aliphatic rings. The number of carbonyl (C=O) groups excluding carboxylic acids is 1. The van der Waals surface area contributed by atoms with E-state index in [2.05, 4.69) is 10.8 Å². The lowest BCUT2D eigenvalue weighted by atomic mass is 10.0. The number of fused-ring (bicyclic) bond motifs is 1. The highest BCUT2D eigenvalue weighted by atomic mass is 32.2. The van der Waals surface area contributed by atoms with Gasteiger partial charge in [0.05, 0.1) is 29.7 Å². The number of rotatable bonds is 12. The summed E-state index contributed by atoms with van der Waals surface area (Å²) in [6, 6.07) is 30.4. The summed E-state index contributed by atoms with van der Waals surface area (Å²) in [5.41, 5.74) is 2.32. The van der Waals surface area contributed by atoms with Gasteiger partial charge in [0.2, 0.25) is 15.9 Å². The Hall–Kier alpha value is -4.03. The Morgan fingerprint density at radius 3 is 2.31 bits per heavy atom. The first-order chi connectivity index (χ1) is 20.4. The van der Waals surface area contributed by atoms with Crippen molar-refractivity contribution in [3.63, 3.8) is 0 Å². The van der Waals surface area contributed by atoms with Crippen LogP contribution in [0.5, 0.6) is 0 Å². The Labute approximate surface area is 247 Å². The fourth-order valence-electron chi connectivity index (χ4n) is 5.54. The van der Waals surface area contributed by atoms with Crippen LogP contribution in [0, 0.1) is 11.3 Å². The van der Waals surface area contributed by atoms with Crippen molar-refractivity contribution in [1.82, 2.24) is 9.62 Å². The summed E-state index contributed by atoms with van der Waals surface area (Å²) in [7, 11) is -4.03. The first-order valence-corrected chi connectivity index (χ1v) is 15.8. The zero-order valence-electron chi connectivity index (χ0n) is 23.5. The molecule has 1 N–H and O–H groups in total. The molecule has 0 radical (unpaired) electrons. The molecule has 0 heterocycles. The molecular formula is C34H35N3O4S. The SMILES string of the molecule is N#Cc1ccc(CC(NS(=O)(=O)c2ccc3ccccc3c2)C(=O)N(CCOCc2ccccc2)C2CCCC2)cc1. The molecular weight excluding hydrogens is 546 g/mol. The van der Waals surface area contributed by atoms with Gasteiger partial charge in [-0.1, -0.05) is 85.6 Å². The second-order valence-corrected chi connectivity index (χ2v) is 12.4. The van der Waals surface area contributed by atoms with Crippen LogP contribution in [0.2, 0.25) is 0 Å². The molecule has 1 fully saturated rings. The fourth-order valence-corrected chi connectivity index (χ4v) is 6.76. The van der Waals surface area contributed by atoms with Crippen molar-refractivity contribution in [2.75, 3.05) is 13.2 Å². The van der Waals surface area contributed by atoms with Crippen LogP contribution in [0.3, 0.4) is 0 Å². The first kappa shape index (κ1) is 29.5. The lowest BCUT2D eigenvalue weighted by molar-refractivity contribution is -0.136. The summed E-state index contributed by atoms with van der Waals surface area (Å²) in [6.07, 6.45) is 3.98. The zero-order valence-corrected chi connectivity index (χ0v) is 24.3. The van der Waals surface area contributed by atoms with Crippen LogP contribution in [0.25, 0.3) is 10.8 Å². The van der Waals surface area contributed by atoms with Gasteiger partial charge >= 0.3 is 0 Å². The highest BCUT2D eigenvalue weighted by Gasteiger charge is 2.34. The third-order valence-electron chi connectivity index (χ3n) is 7.79. The largest absolute Gasteiger partial charge is 0.375 e. The third kappa shape index (κ3) is 7.42. The van der Waals surface area contributed by atoms with Gasteiger partial charge in [0.15, 0.2) is 0 Å². The number of carbonyl (C=O) groups is 1. The van der Waals surface area contributed by atoms with E-state index in [9.17, 15) is 18.5 Å². The van der Waals surface area contributed by atoms with Gasteiger partial charge in [-0.15, -0.1) is 0 Å². The van der Waals surface area contributed by atoms with E-state index in [1.807, 2.05) is 59.5 Å². The van der Waals surface area contributed by atoms with E-state index in [1.165, 1.54) is 0 Å². The Bertz CT molecular complexity index is 1640. The van der Waals surface area contributed by atoms with Crippen molar-refractivity contribution < 1.29 is 17.9 Å². The Morgan fingerprint density at radius 2 is 1.60 bits per heavy atom. The Morgan fingerprint density at radius 1 is 0.905 bits per heavy atom. The molecule has 1 atom stereocenters. The minimum absolute atomic E-state index is 0.0338. The predicted octanol–water partition coefficient (Wildman–Crippen LogP) is 5.59. The molecule has 0 aliphatic heterocycles. The standard InChI is InChI=1S/C34H35N3O4S/c35-24-27-16-14-26(15-17-27)22-33(36-42(39,40)32-19-18-29-10-4-5-11-30(29)23-32)34(38)37(31-12-6-7-13-31)20-21-41-25-28-8-2-1-3-9-28/h1-5,8-11,14-19,23,31,33,36H,6-7,12-13,20-22,25H2. The van der Waals surface area contributed by atoms with Gasteiger partial charge in [-0.3, -0.25) is 4.79 Å². The smallest absolute Gasteiger partial charge is 0.241 e. The molecule has 216 valence electrons. The van der Waals surface area contributed by atoms with E-state index in [4.69, 9.17) is 4.74 Å². The van der Waals surface area contributed by atoms with Crippen molar-refractivity contribution in [2.45, 2.75) is 55.7 Å². The molecule has 42 heavy (non-hydrogen) atoms. The van der Waals surface area contributed by atoms with E-state index in [0.29, 0.717) is 25.3 Å². The molecule has 1 aliphatic carbocycles. The van der Waals surface area contributed by atoms with Gasteiger partial charge in [0, 0.05) is 12.6 Å². The van der Waals surface area contributed by atoms with Gasteiger partial charge < -0.3 is 9.64 Å². The number of nitrogens with zero attached hydrogens (tertiary/aromatic N) is 2. The number of sulfonamides is 1. The average molecular weight is 582 g/mol. The number of nitrogens with one attached hydrogen (secondary N) is 1. The van der Waals surface area contributed by atoms with Gasteiger partial charge in [0.1, 0.15) is 6.04 Å². The quantitative estimate of drug-likeness (QED) is 0.220. The predicted molar refractivity (Wildman–Crippen MR) is 163 cm³/mol. The molecule has 8 heteroatoms. The van der Waals surface area contributed by atoms with Gasteiger partial charge in [-0.2, -0.15) is 9.98 Å². The van der Waals surface area contributed by atoms with Crippen LogP contribution < -0.4 is 4.72 Å². The molecule has 5 rings (SSSR count). The summed E-state index contributed by atoms with van der Waals surface area (Å²) in [5, 5.41) is 10.9. The van der Waals surface area contributed by atoms with Gasteiger partial charge in [-0.25, -0.2) is 8.42 Å². The molecule has 0 bridgehead atoms. The van der Waals surface area contributed by atoms with E-state index in [-0.39, 0.29) is 23.3 Å². The van der Waals surface area contributed by atoms with Crippen LogP contribution in [0.1, 0.15) is 42.4 Å². The maximum Gasteiger partial charge on any atom is 0.241 e. The number of benzene rings is 4. The van der Waals surface area contributed by atoms with Gasteiger partial charge in [0.25, 0.3) is 0 Å². The minimum atomic E-state index is -4.03. The van der Waals surface area contributed by atoms with Crippen molar-refractivity contribution in [1.29, 1.82) is 5.26 Å². The second-order valence-electron chi connectivity index (χ2n) is 10.7. The average Bonchev–Trinajstić information content (AvgIpc) is 3.56. The normalized spacial score (nSPS) is 14.5. The summed E-state index contributed by atoms with van der Waals surface area (Å²) in [5.74, 6) is -0.265. The highest BCUT2D eigenvalue weighted by Crippen LogP contribution is 2.25. The molecule has 1 unspecified atom stereocenters. The van der Waals surface area contributed by atoms with Crippen LogP contribution in [-0.2, 0) is 32.6 Å². The van der Waals surface area contributed by atoms with Crippen LogP contribution in [-0.4, -0.2) is 44.5 Å². The Kier molecular flexibility index (Phi) is 9.65. The maximum absolute atomic E-state index is 14.2. The second kappa shape index (κ2) is 13.8. The number of hydrogen-bond donors (Lipinski definition) is 1. The first-order valence-electron chi connectivity index (χ1n) is 14.4. The zero-order chi connectivity index (χ0) is 29.4. The maximum atomic E-state index is 14.2. The Balaban J connectivity index is 1.39. The fraction of sp³-hybridized carbons (Fsp3) is 0.294. The molecule has 4 aromatic carbocycles. The minimum Gasteiger partial charge on any atom is -0.375 e. The van der Waals surface area contributed by atoms with Crippen LogP contribution in [0.15, 0.2) is 102 Å². The topological polar surface area (TPSA) is 99.5 Å². The molecule has 0 saturated heterocycles. The number of amides is 1. The van der Waals surface area contributed by atoms with Crippen molar-refractivity contribution in [3.8, 4) is 6.07 Å². The molecule has 7 nitrogen and oxygen atoms in total. The third-order valence-corrected chi connectivity index (χ3v) is 9.26. The van der Waals surface area contributed by atoms with Crippen molar-refractivity contribution >= 4 is 26.7 Å². The summed E-state index contributed by atoms with van der Waals surface area (Å²) in [4.78, 5) is 16.2. The van der Waals surface area contributed by atoms with Crippen LogP contribution in [0.4, 0.5) is 0 Å². The number of nitriles is 1. The highest BCUT2D eigenvalue weighted by molar-refractivity contribution is 7.89. The number of hydrogen-bond acceptors (Lipinski definition) is 5. The van der Waals surface area contributed by atoms with E-state index in [0.717, 1.165) is 47.6 Å². The van der Waals surface area contributed by atoms with Gasteiger partial charge in [-0.05, 0) is 65.4 Å². The monoisotopic (exact) mass is 581 g/mol. The van der Waals surface area contributed by atoms with Crippen molar-refractivity contribution in [2.24, 2.45) is 0 Å². The number of ether oxygens (including phenoxy) is 1. The molecule has 1 saturated carbocycles. The molecule has 1 amide bonds. The van der Waals surface area contributed by atoms with E-state index in [1.54, 1.807) is 42.5 Å². The summed E-state index contributed by atoms with van der Waals surface area (Å²) >= 11 is 0. The lowest BCUT2D eigenvalue weighted by Gasteiger charge is -2.33. The lowest BCUT2D eigenvalue weighted by Crippen LogP contribution is -2.53. The van der Waals surface area contributed by atoms with Crippen molar-refractivity contribution in [3.05, 3.63) is 114 Å². The molecule has 0 aromatic heterocycles. The van der Waals surface area contributed by atoms with E-state index < -0.39 is 16.1 Å². The van der Waals surface area contributed by atoms with Crippen LogP contribution >= 0.6 is 0 Å². The van der Waals surface area contributed by atoms with E-state index >= 15 is 0 Å². The molecule has 0 spiro atoms. The molecule has 4 aromatic rings. The summed E-state index contributed by atoms with van der Waals surface area (Å²) in [6.45, 7) is 1.16.